The number of methoxy groups -OCH3 is 1. The van der Waals surface area contributed by atoms with Gasteiger partial charge in [0.1, 0.15) is 18.0 Å². The van der Waals surface area contributed by atoms with Crippen LogP contribution in [0.4, 0.5) is 10.5 Å². The number of anilines is 1. The van der Waals surface area contributed by atoms with Gasteiger partial charge in [0.05, 0.1) is 24.8 Å². The maximum atomic E-state index is 13.7. The number of nitrogens with zero attached hydrogens (tertiary/aromatic N) is 2. The van der Waals surface area contributed by atoms with Gasteiger partial charge in [-0.3, -0.25) is 4.79 Å². The summed E-state index contributed by atoms with van der Waals surface area (Å²) in [6.07, 6.45) is -1.06. The Morgan fingerprint density at radius 1 is 1.00 bits per heavy atom. The normalized spacial score (nSPS) is 15.8. The van der Waals surface area contributed by atoms with E-state index in [-0.39, 0.29) is 19.7 Å². The van der Waals surface area contributed by atoms with E-state index in [9.17, 15) is 19.2 Å². The third kappa shape index (κ3) is 5.08. The Kier molecular flexibility index (Phi) is 7.09. The van der Waals surface area contributed by atoms with Crippen LogP contribution in [-0.2, 0) is 20.9 Å². The minimum absolute atomic E-state index is 0.00140. The number of hydrogen-bond acceptors (Lipinski definition) is 7. The molecule has 0 fully saturated rings. The van der Waals surface area contributed by atoms with Gasteiger partial charge in [0, 0.05) is 5.69 Å². The highest BCUT2D eigenvalue weighted by Crippen LogP contribution is 2.32. The van der Waals surface area contributed by atoms with Crippen molar-refractivity contribution in [3.8, 4) is 11.5 Å². The van der Waals surface area contributed by atoms with Gasteiger partial charge >= 0.3 is 17.9 Å². The zero-order chi connectivity index (χ0) is 27.5. The molecule has 3 aromatic rings. The van der Waals surface area contributed by atoms with E-state index >= 15 is 0 Å². The number of nitrogens with one attached hydrogen (secondary N) is 1. The first-order valence-corrected chi connectivity index (χ1v) is 12.4. The van der Waals surface area contributed by atoms with E-state index < -0.39 is 29.9 Å². The Morgan fingerprint density at radius 3 is 2.41 bits per heavy atom. The molecule has 2 aliphatic heterocycles. The second-order valence-electron chi connectivity index (χ2n) is 8.87. The molecule has 198 valence electrons. The number of esters is 1. The number of rotatable bonds is 8. The van der Waals surface area contributed by atoms with Gasteiger partial charge in [-0.05, 0) is 61.0 Å². The van der Waals surface area contributed by atoms with Crippen LogP contribution in [0.5, 0.6) is 11.5 Å². The Labute approximate surface area is 224 Å². The van der Waals surface area contributed by atoms with Gasteiger partial charge in [-0.15, -0.1) is 0 Å². The first-order valence-electron chi connectivity index (χ1n) is 12.4. The summed E-state index contributed by atoms with van der Waals surface area (Å²) >= 11 is 0. The van der Waals surface area contributed by atoms with E-state index in [0.717, 1.165) is 4.90 Å². The molecule has 2 aliphatic rings. The molecule has 2 heterocycles. The van der Waals surface area contributed by atoms with Crippen LogP contribution in [-0.4, -0.2) is 65.4 Å². The summed E-state index contributed by atoms with van der Waals surface area (Å²) < 4.78 is 17.4. The summed E-state index contributed by atoms with van der Waals surface area (Å²) in [5.41, 5.74) is 2.42. The summed E-state index contributed by atoms with van der Waals surface area (Å²) in [4.78, 5) is 53.2. The average Bonchev–Trinajstić information content (AvgIpc) is 3.34. The minimum atomic E-state index is -1.06. The lowest BCUT2D eigenvalue weighted by Gasteiger charge is -2.24. The average molecular weight is 529 g/mol. The maximum absolute atomic E-state index is 13.7. The first-order chi connectivity index (χ1) is 18.9. The zero-order valence-electron chi connectivity index (χ0n) is 21.4. The summed E-state index contributed by atoms with van der Waals surface area (Å²) in [6.45, 7) is 1.62. The number of benzene rings is 3. The smallest absolute Gasteiger partial charge is 0.497 e. The van der Waals surface area contributed by atoms with E-state index in [2.05, 4.69) is 5.32 Å². The Hall–Kier alpha value is -4.99. The molecular formula is C29H26N3O7+. The van der Waals surface area contributed by atoms with E-state index in [0.29, 0.717) is 39.6 Å². The molecule has 39 heavy (non-hydrogen) atoms. The van der Waals surface area contributed by atoms with Crippen molar-refractivity contribution < 1.29 is 38.0 Å². The quantitative estimate of drug-likeness (QED) is 0.353. The lowest BCUT2D eigenvalue weighted by Crippen LogP contribution is -2.58. The molecule has 10 heteroatoms. The standard InChI is InChI=1S/C29H25N3O7/c1-3-38-28(35)19-10-12-20(13-11-19)30-24(33)17-31-25-22-6-4-5-7-23(22)39-26(25)27(34)32(29(31)36)16-18-8-14-21(37-2)15-9-18/h4-15,26H,3,16-17H2,1-2H3/p+1. The highest BCUT2D eigenvalue weighted by molar-refractivity contribution is 6.22. The Morgan fingerprint density at radius 2 is 1.72 bits per heavy atom. The molecule has 3 aromatic carbocycles. The number of fused-ring (bicyclic) bond motifs is 3. The van der Waals surface area contributed by atoms with Crippen LogP contribution >= 0.6 is 0 Å². The first kappa shape index (κ1) is 25.7. The third-order valence-electron chi connectivity index (χ3n) is 6.38. The molecule has 0 radical (unpaired) electrons. The zero-order valence-corrected chi connectivity index (χ0v) is 21.4. The third-order valence-corrected chi connectivity index (χ3v) is 6.38. The monoisotopic (exact) mass is 528 g/mol. The van der Waals surface area contributed by atoms with Crippen LogP contribution in [0.15, 0.2) is 72.8 Å². The molecule has 1 unspecified atom stereocenters. The van der Waals surface area contributed by atoms with Crippen LogP contribution in [0.25, 0.3) is 0 Å². The van der Waals surface area contributed by atoms with Gasteiger partial charge in [-0.25, -0.2) is 9.59 Å². The molecule has 0 saturated carbocycles. The summed E-state index contributed by atoms with van der Waals surface area (Å²) in [7, 11) is 1.55. The van der Waals surface area contributed by atoms with Gasteiger partial charge in [0.2, 0.25) is 0 Å². The van der Waals surface area contributed by atoms with Gasteiger partial charge in [0.15, 0.2) is 12.3 Å². The summed E-state index contributed by atoms with van der Waals surface area (Å²) in [6, 6.07) is 19.6. The molecule has 0 bridgehead atoms. The second-order valence-corrected chi connectivity index (χ2v) is 8.87. The van der Waals surface area contributed by atoms with Crippen LogP contribution in [0.2, 0.25) is 0 Å². The molecule has 1 atom stereocenters. The van der Waals surface area contributed by atoms with Crippen molar-refractivity contribution in [1.29, 1.82) is 0 Å². The number of urea groups is 1. The minimum Gasteiger partial charge on any atom is -0.497 e. The largest absolute Gasteiger partial charge is 0.501 e. The van der Waals surface area contributed by atoms with Crippen molar-refractivity contribution in [2.75, 3.05) is 25.6 Å². The molecule has 0 aromatic heterocycles. The fourth-order valence-electron chi connectivity index (χ4n) is 4.50. The fourth-order valence-corrected chi connectivity index (χ4v) is 4.50. The highest BCUT2D eigenvalue weighted by atomic mass is 16.5. The number of para-hydroxylation sites is 1. The molecule has 0 saturated heterocycles. The van der Waals surface area contributed by atoms with Crippen molar-refractivity contribution in [3.63, 3.8) is 0 Å². The molecule has 4 amide bonds. The molecule has 1 N–H and O–H groups in total. The highest BCUT2D eigenvalue weighted by Gasteiger charge is 2.54. The van der Waals surface area contributed by atoms with E-state index in [1.807, 2.05) is 0 Å². The Bertz CT molecular complexity index is 1480. The lowest BCUT2D eigenvalue weighted by molar-refractivity contribution is -0.428. The number of imide groups is 1. The van der Waals surface area contributed by atoms with Gasteiger partial charge in [-0.1, -0.05) is 24.3 Å². The maximum Gasteiger partial charge on any atom is 0.501 e. The molecule has 0 spiro atoms. The van der Waals surface area contributed by atoms with Gasteiger partial charge in [-0.2, -0.15) is 14.3 Å². The predicted octanol–water partition coefficient (Wildman–Crippen LogP) is 3.24. The second kappa shape index (κ2) is 10.8. The predicted molar refractivity (Wildman–Crippen MR) is 140 cm³/mol. The van der Waals surface area contributed by atoms with Crippen LogP contribution < -0.4 is 14.8 Å². The van der Waals surface area contributed by atoms with Crippen LogP contribution in [0, 0.1) is 0 Å². The number of amides is 4. The molecular weight excluding hydrogens is 502 g/mol. The van der Waals surface area contributed by atoms with Gasteiger partial charge in [0.25, 0.3) is 12.0 Å². The number of carbonyl (C=O) groups is 4. The molecule has 0 aliphatic carbocycles. The van der Waals surface area contributed by atoms with Crippen LogP contribution in [0.1, 0.15) is 28.4 Å². The number of carbonyl (C=O) groups excluding carboxylic acids is 4. The van der Waals surface area contributed by atoms with Crippen molar-refractivity contribution in [2.24, 2.45) is 0 Å². The lowest BCUT2D eigenvalue weighted by atomic mass is 10.0. The van der Waals surface area contributed by atoms with Gasteiger partial charge < -0.3 is 19.5 Å². The topological polar surface area (TPSA) is 114 Å². The fraction of sp³-hybridized carbons (Fsp3) is 0.207. The molecule has 10 nitrogen and oxygen atoms in total. The van der Waals surface area contributed by atoms with Crippen molar-refractivity contribution in [1.82, 2.24) is 4.90 Å². The van der Waals surface area contributed by atoms with E-state index in [1.54, 1.807) is 86.8 Å². The van der Waals surface area contributed by atoms with E-state index in [1.165, 1.54) is 4.58 Å². The van der Waals surface area contributed by atoms with E-state index in [4.69, 9.17) is 14.2 Å². The molecule has 5 rings (SSSR count). The summed E-state index contributed by atoms with van der Waals surface area (Å²) in [5, 5.41) is 2.74. The van der Waals surface area contributed by atoms with Crippen molar-refractivity contribution in [3.05, 3.63) is 89.5 Å². The summed E-state index contributed by atoms with van der Waals surface area (Å²) in [5.74, 6) is -0.341. The number of hydrogen-bond donors (Lipinski definition) is 1. The van der Waals surface area contributed by atoms with Crippen molar-refractivity contribution >= 4 is 35.2 Å². The SMILES string of the molecule is CCOC(=O)c1ccc(NC(=O)C[N+]2=C3c4ccccc4OC3C(=O)N(Cc3ccc(OC)cc3)C2=O)cc1. The van der Waals surface area contributed by atoms with Crippen LogP contribution in [0.3, 0.4) is 0 Å². The number of ether oxygens (including phenoxy) is 3. The Balaban J connectivity index is 1.42. The van der Waals surface area contributed by atoms with Crippen molar-refractivity contribution in [2.45, 2.75) is 19.6 Å².